The molecule has 0 radical (unpaired) electrons. The molecule has 2 N–H and O–H groups in total. The second kappa shape index (κ2) is 6.05. The first-order valence-corrected chi connectivity index (χ1v) is 6.76. The van der Waals surface area contributed by atoms with Crippen molar-refractivity contribution in [1.82, 2.24) is 5.32 Å². The van der Waals surface area contributed by atoms with Crippen LogP contribution in [0, 0.1) is 17.2 Å². The molecule has 2 atom stereocenters. The van der Waals surface area contributed by atoms with Crippen LogP contribution in [0.2, 0.25) is 0 Å². The number of hydrogen-bond acceptors (Lipinski definition) is 4. The van der Waals surface area contributed by atoms with Crippen molar-refractivity contribution in [3.8, 4) is 6.07 Å². The van der Waals surface area contributed by atoms with Crippen LogP contribution in [0.1, 0.15) is 24.5 Å². The Kier molecular flexibility index (Phi) is 4.41. The lowest BCUT2D eigenvalue weighted by Crippen LogP contribution is -2.24. The van der Waals surface area contributed by atoms with Crippen LogP contribution in [0.5, 0.6) is 0 Å². The zero-order valence-corrected chi connectivity index (χ0v) is 11.6. The molecule has 0 aromatic heterocycles. The Labute approximate surface area is 114 Å². The van der Waals surface area contributed by atoms with E-state index in [4.69, 9.17) is 0 Å². The van der Waals surface area contributed by atoms with E-state index >= 15 is 0 Å². The van der Waals surface area contributed by atoms with E-state index in [-0.39, 0.29) is 6.10 Å². The molecule has 0 aliphatic carbocycles. The molecule has 4 heteroatoms. The van der Waals surface area contributed by atoms with Crippen molar-refractivity contribution in [2.24, 2.45) is 5.92 Å². The number of hydrogen-bond donors (Lipinski definition) is 2. The average molecular weight is 259 g/mol. The van der Waals surface area contributed by atoms with Crippen molar-refractivity contribution in [3.63, 3.8) is 0 Å². The van der Waals surface area contributed by atoms with Crippen LogP contribution in [-0.4, -0.2) is 31.3 Å². The van der Waals surface area contributed by atoms with Crippen LogP contribution in [0.3, 0.4) is 0 Å². The lowest BCUT2D eigenvalue weighted by molar-refractivity contribution is 0.136. The molecule has 0 spiro atoms. The number of rotatable bonds is 4. The van der Waals surface area contributed by atoms with Gasteiger partial charge in [0, 0.05) is 25.6 Å². The van der Waals surface area contributed by atoms with Gasteiger partial charge in [0.15, 0.2) is 0 Å². The molecule has 1 saturated heterocycles. The van der Waals surface area contributed by atoms with Gasteiger partial charge in [0.05, 0.1) is 17.4 Å². The number of aliphatic hydroxyl groups is 1. The standard InChI is InChI=1S/C15H21N3O/c1-11(19)13-5-6-18(10-13)15-4-3-12(9-17-2)7-14(15)8-16/h3-4,7,11,13,17,19H,5-6,9-10H2,1-2H3. The molecule has 1 aromatic rings. The first kappa shape index (κ1) is 13.9. The SMILES string of the molecule is CNCc1ccc(N2CCC(C(C)O)C2)c(C#N)c1. The summed E-state index contributed by atoms with van der Waals surface area (Å²) in [6.07, 6.45) is 0.708. The van der Waals surface area contributed by atoms with Crippen LogP contribution >= 0.6 is 0 Å². The Balaban J connectivity index is 2.19. The molecule has 0 amide bonds. The fraction of sp³-hybridized carbons (Fsp3) is 0.533. The summed E-state index contributed by atoms with van der Waals surface area (Å²) in [4.78, 5) is 2.21. The maximum atomic E-state index is 9.66. The highest BCUT2D eigenvalue weighted by molar-refractivity contribution is 5.61. The van der Waals surface area contributed by atoms with Gasteiger partial charge in [0.1, 0.15) is 6.07 Å². The molecule has 2 unspecified atom stereocenters. The summed E-state index contributed by atoms with van der Waals surface area (Å²) in [7, 11) is 1.90. The normalized spacial score (nSPS) is 20.3. The maximum absolute atomic E-state index is 9.66. The molecular formula is C15H21N3O. The van der Waals surface area contributed by atoms with Crippen LogP contribution in [0.4, 0.5) is 5.69 Å². The summed E-state index contributed by atoms with van der Waals surface area (Å²) in [5.74, 6) is 0.309. The number of nitrogens with zero attached hydrogens (tertiary/aromatic N) is 2. The summed E-state index contributed by atoms with van der Waals surface area (Å²) in [6, 6.07) is 8.31. The minimum absolute atomic E-state index is 0.279. The van der Waals surface area contributed by atoms with E-state index in [9.17, 15) is 10.4 Å². The Morgan fingerprint density at radius 1 is 1.58 bits per heavy atom. The first-order chi connectivity index (χ1) is 9.15. The van der Waals surface area contributed by atoms with Gasteiger partial charge < -0.3 is 15.3 Å². The molecule has 19 heavy (non-hydrogen) atoms. The smallest absolute Gasteiger partial charge is 0.101 e. The fourth-order valence-electron chi connectivity index (χ4n) is 2.66. The molecule has 2 rings (SSSR count). The van der Waals surface area contributed by atoms with Crippen molar-refractivity contribution >= 4 is 5.69 Å². The quantitative estimate of drug-likeness (QED) is 0.860. The van der Waals surface area contributed by atoms with Gasteiger partial charge in [-0.1, -0.05) is 6.07 Å². The summed E-state index contributed by atoms with van der Waals surface area (Å²) in [6.45, 7) is 4.36. The third-order valence-electron chi connectivity index (χ3n) is 3.81. The fourth-order valence-corrected chi connectivity index (χ4v) is 2.66. The van der Waals surface area contributed by atoms with Gasteiger partial charge in [-0.25, -0.2) is 0 Å². The molecule has 1 fully saturated rings. The zero-order chi connectivity index (χ0) is 13.8. The third kappa shape index (κ3) is 3.06. The highest BCUT2D eigenvalue weighted by atomic mass is 16.3. The molecule has 1 aliphatic heterocycles. The molecule has 0 bridgehead atoms. The number of nitrogens with one attached hydrogen (secondary N) is 1. The van der Waals surface area contributed by atoms with Gasteiger partial charge in [-0.3, -0.25) is 0 Å². The second-order valence-corrected chi connectivity index (χ2v) is 5.23. The van der Waals surface area contributed by atoms with Gasteiger partial charge in [0.25, 0.3) is 0 Å². The predicted molar refractivity (Wildman–Crippen MR) is 75.9 cm³/mol. The van der Waals surface area contributed by atoms with Gasteiger partial charge in [0.2, 0.25) is 0 Å². The lowest BCUT2D eigenvalue weighted by atomic mass is 10.0. The summed E-state index contributed by atoms with van der Waals surface area (Å²) >= 11 is 0. The summed E-state index contributed by atoms with van der Waals surface area (Å²) in [5, 5.41) is 22.0. The van der Waals surface area contributed by atoms with Crippen molar-refractivity contribution in [3.05, 3.63) is 29.3 Å². The number of aliphatic hydroxyl groups excluding tert-OH is 1. The van der Waals surface area contributed by atoms with E-state index in [2.05, 4.69) is 22.4 Å². The molecular weight excluding hydrogens is 238 g/mol. The van der Waals surface area contributed by atoms with E-state index in [0.717, 1.165) is 42.9 Å². The van der Waals surface area contributed by atoms with Crippen LogP contribution in [0.25, 0.3) is 0 Å². The predicted octanol–water partition coefficient (Wildman–Crippen LogP) is 1.48. The number of anilines is 1. The minimum Gasteiger partial charge on any atom is -0.393 e. The number of nitriles is 1. The Morgan fingerprint density at radius 3 is 2.95 bits per heavy atom. The van der Waals surface area contributed by atoms with Crippen molar-refractivity contribution in [2.45, 2.75) is 26.0 Å². The Morgan fingerprint density at radius 2 is 2.37 bits per heavy atom. The molecule has 1 aliphatic rings. The number of benzene rings is 1. The third-order valence-corrected chi connectivity index (χ3v) is 3.81. The van der Waals surface area contributed by atoms with E-state index in [0.29, 0.717) is 5.92 Å². The highest BCUT2D eigenvalue weighted by Gasteiger charge is 2.27. The van der Waals surface area contributed by atoms with Gasteiger partial charge >= 0.3 is 0 Å². The molecule has 4 nitrogen and oxygen atoms in total. The average Bonchev–Trinajstić information content (AvgIpc) is 2.88. The highest BCUT2D eigenvalue weighted by Crippen LogP contribution is 2.29. The largest absolute Gasteiger partial charge is 0.393 e. The summed E-state index contributed by atoms with van der Waals surface area (Å²) < 4.78 is 0. The Hall–Kier alpha value is -1.57. The lowest BCUT2D eigenvalue weighted by Gasteiger charge is -2.21. The molecule has 1 heterocycles. The van der Waals surface area contributed by atoms with Crippen molar-refractivity contribution in [1.29, 1.82) is 5.26 Å². The monoisotopic (exact) mass is 259 g/mol. The topological polar surface area (TPSA) is 59.3 Å². The van der Waals surface area contributed by atoms with E-state index in [1.54, 1.807) is 0 Å². The molecule has 102 valence electrons. The first-order valence-electron chi connectivity index (χ1n) is 6.76. The second-order valence-electron chi connectivity index (χ2n) is 5.23. The summed E-state index contributed by atoms with van der Waals surface area (Å²) in [5.41, 5.74) is 2.83. The van der Waals surface area contributed by atoms with Crippen molar-refractivity contribution < 1.29 is 5.11 Å². The van der Waals surface area contributed by atoms with Gasteiger partial charge in [-0.05, 0) is 38.1 Å². The maximum Gasteiger partial charge on any atom is 0.101 e. The minimum atomic E-state index is -0.279. The van der Waals surface area contributed by atoms with E-state index < -0.39 is 0 Å². The van der Waals surface area contributed by atoms with Crippen LogP contribution in [0.15, 0.2) is 18.2 Å². The van der Waals surface area contributed by atoms with Crippen molar-refractivity contribution in [2.75, 3.05) is 25.0 Å². The van der Waals surface area contributed by atoms with E-state index in [1.807, 2.05) is 26.1 Å². The molecule has 1 aromatic carbocycles. The van der Waals surface area contributed by atoms with Crippen LogP contribution in [-0.2, 0) is 6.54 Å². The van der Waals surface area contributed by atoms with Gasteiger partial charge in [-0.2, -0.15) is 5.26 Å². The van der Waals surface area contributed by atoms with Gasteiger partial charge in [-0.15, -0.1) is 0 Å². The molecule has 0 saturated carbocycles. The Bertz CT molecular complexity index is 479. The van der Waals surface area contributed by atoms with Crippen LogP contribution < -0.4 is 10.2 Å². The van der Waals surface area contributed by atoms with E-state index in [1.165, 1.54) is 0 Å². The zero-order valence-electron chi connectivity index (χ0n) is 11.6.